The van der Waals surface area contributed by atoms with E-state index in [1.54, 1.807) is 96.3 Å². The molecule has 0 radical (unpaired) electrons. The van der Waals surface area contributed by atoms with Gasteiger partial charge >= 0.3 is 0 Å². The highest BCUT2D eigenvalue weighted by Crippen LogP contribution is 2.57. The fourth-order valence-electron chi connectivity index (χ4n) is 7.28. The van der Waals surface area contributed by atoms with E-state index in [1.807, 2.05) is 0 Å². The second kappa shape index (κ2) is 6.63. The molecule has 120 valence electrons. The molecule has 0 bridgehead atoms. The van der Waals surface area contributed by atoms with Gasteiger partial charge in [0.05, 0.1) is 0 Å². The molecule has 4 aliphatic carbocycles. The summed E-state index contributed by atoms with van der Waals surface area (Å²) in [5.41, 5.74) is 0. The first-order chi connectivity index (χ1) is 10.4. The SMILES string of the molecule is C1CCC2C3CCCCCC3C3CCCCCC3C2CC1. The second-order valence-electron chi connectivity index (χ2n) is 8.90. The Kier molecular flexibility index (Phi) is 4.60. The molecule has 0 saturated heterocycles. The summed E-state index contributed by atoms with van der Waals surface area (Å²) in [7, 11) is 0. The van der Waals surface area contributed by atoms with Gasteiger partial charge in [0.15, 0.2) is 0 Å². The van der Waals surface area contributed by atoms with Crippen molar-refractivity contribution >= 4 is 0 Å². The molecule has 0 aliphatic heterocycles. The highest BCUT2D eigenvalue weighted by Gasteiger charge is 2.49. The van der Waals surface area contributed by atoms with E-state index in [0.717, 1.165) is 35.5 Å². The lowest BCUT2D eigenvalue weighted by Gasteiger charge is -2.52. The first-order valence-electron chi connectivity index (χ1n) is 10.4. The fraction of sp³-hybridized carbons (Fsp3) is 1.00. The summed E-state index contributed by atoms with van der Waals surface area (Å²) in [6.45, 7) is 0. The monoisotopic (exact) mass is 288 g/mol. The van der Waals surface area contributed by atoms with Gasteiger partial charge < -0.3 is 0 Å². The van der Waals surface area contributed by atoms with Crippen LogP contribution in [0, 0.1) is 35.5 Å². The van der Waals surface area contributed by atoms with Gasteiger partial charge in [-0.15, -0.1) is 0 Å². The summed E-state index contributed by atoms with van der Waals surface area (Å²) < 4.78 is 0. The molecule has 4 saturated carbocycles. The zero-order valence-corrected chi connectivity index (χ0v) is 14.1. The molecule has 0 spiro atoms. The van der Waals surface area contributed by atoms with E-state index in [2.05, 4.69) is 0 Å². The zero-order chi connectivity index (χ0) is 14.1. The molecule has 0 amide bonds. The molecule has 0 atom stereocenters. The Morgan fingerprint density at radius 3 is 0.619 bits per heavy atom. The van der Waals surface area contributed by atoms with E-state index >= 15 is 0 Å². The molecule has 4 fully saturated rings. The van der Waals surface area contributed by atoms with Gasteiger partial charge in [0.1, 0.15) is 0 Å². The van der Waals surface area contributed by atoms with Crippen LogP contribution in [0.3, 0.4) is 0 Å². The van der Waals surface area contributed by atoms with Crippen molar-refractivity contribution in [2.75, 3.05) is 0 Å². The molecular weight excluding hydrogens is 252 g/mol. The lowest BCUT2D eigenvalue weighted by molar-refractivity contribution is -0.0323. The lowest BCUT2D eigenvalue weighted by Crippen LogP contribution is -2.45. The molecule has 0 aromatic carbocycles. The van der Waals surface area contributed by atoms with Crippen LogP contribution in [0.15, 0.2) is 0 Å². The molecule has 0 heteroatoms. The normalized spacial score (nSPS) is 48.0. The van der Waals surface area contributed by atoms with Gasteiger partial charge in [0.25, 0.3) is 0 Å². The van der Waals surface area contributed by atoms with Crippen LogP contribution in [0.2, 0.25) is 0 Å². The third-order valence-corrected chi connectivity index (χ3v) is 8.02. The van der Waals surface area contributed by atoms with Crippen LogP contribution in [0.25, 0.3) is 0 Å². The maximum Gasteiger partial charge on any atom is -0.0352 e. The Balaban J connectivity index is 1.65. The van der Waals surface area contributed by atoms with Crippen LogP contribution in [-0.2, 0) is 0 Å². The molecule has 0 nitrogen and oxygen atoms in total. The summed E-state index contributed by atoms with van der Waals surface area (Å²) in [6, 6.07) is 0. The van der Waals surface area contributed by atoms with Crippen LogP contribution >= 0.6 is 0 Å². The van der Waals surface area contributed by atoms with Crippen molar-refractivity contribution in [2.45, 2.75) is 96.3 Å². The van der Waals surface area contributed by atoms with E-state index in [4.69, 9.17) is 0 Å². The maximum atomic E-state index is 1.61. The number of rotatable bonds is 0. The summed E-state index contributed by atoms with van der Waals surface area (Å²) in [5, 5.41) is 0. The summed E-state index contributed by atoms with van der Waals surface area (Å²) >= 11 is 0. The van der Waals surface area contributed by atoms with Gasteiger partial charge in [0.2, 0.25) is 0 Å². The van der Waals surface area contributed by atoms with Gasteiger partial charge in [-0.2, -0.15) is 0 Å². The Hall–Kier alpha value is 0. The Bertz CT molecular complexity index is 239. The van der Waals surface area contributed by atoms with Gasteiger partial charge in [-0.1, -0.05) is 57.8 Å². The van der Waals surface area contributed by atoms with E-state index in [0.29, 0.717) is 0 Å². The van der Waals surface area contributed by atoms with Crippen molar-refractivity contribution in [1.29, 1.82) is 0 Å². The molecule has 0 N–H and O–H groups in total. The Labute approximate surface area is 132 Å². The van der Waals surface area contributed by atoms with Crippen molar-refractivity contribution in [2.24, 2.45) is 35.5 Å². The molecule has 4 rings (SSSR count). The number of hydrogen-bond donors (Lipinski definition) is 0. The molecule has 0 aromatic rings. The second-order valence-corrected chi connectivity index (χ2v) is 8.90. The Morgan fingerprint density at radius 2 is 0.429 bits per heavy atom. The molecule has 0 heterocycles. The third-order valence-electron chi connectivity index (χ3n) is 8.02. The summed E-state index contributed by atoms with van der Waals surface area (Å²) in [6.07, 6.45) is 23.6. The van der Waals surface area contributed by atoms with Gasteiger partial charge in [-0.05, 0) is 74.0 Å². The van der Waals surface area contributed by atoms with Gasteiger partial charge in [-0.3, -0.25) is 0 Å². The van der Waals surface area contributed by atoms with E-state index in [9.17, 15) is 0 Å². The van der Waals surface area contributed by atoms with Gasteiger partial charge in [0, 0.05) is 0 Å². The first kappa shape index (κ1) is 14.6. The lowest BCUT2D eigenvalue weighted by atomic mass is 9.53. The average molecular weight is 289 g/mol. The van der Waals surface area contributed by atoms with Gasteiger partial charge in [-0.25, -0.2) is 0 Å². The number of fused-ring (bicyclic) bond motifs is 6. The van der Waals surface area contributed by atoms with E-state index in [-0.39, 0.29) is 0 Å². The van der Waals surface area contributed by atoms with Crippen molar-refractivity contribution in [3.63, 3.8) is 0 Å². The fourth-order valence-corrected chi connectivity index (χ4v) is 7.28. The quantitative estimate of drug-likeness (QED) is 0.471. The summed E-state index contributed by atoms with van der Waals surface area (Å²) in [4.78, 5) is 0. The smallest absolute Gasteiger partial charge is 0.0352 e. The topological polar surface area (TPSA) is 0 Å². The van der Waals surface area contributed by atoms with Crippen LogP contribution < -0.4 is 0 Å². The molecule has 0 aromatic heterocycles. The average Bonchev–Trinajstić information content (AvgIpc) is 2.97. The van der Waals surface area contributed by atoms with Crippen LogP contribution in [0.5, 0.6) is 0 Å². The van der Waals surface area contributed by atoms with Crippen LogP contribution in [0.1, 0.15) is 96.3 Å². The highest BCUT2D eigenvalue weighted by molar-refractivity contribution is 4.98. The van der Waals surface area contributed by atoms with E-state index in [1.165, 1.54) is 0 Å². The first-order valence-corrected chi connectivity index (χ1v) is 10.4. The van der Waals surface area contributed by atoms with Crippen molar-refractivity contribution in [1.82, 2.24) is 0 Å². The van der Waals surface area contributed by atoms with Crippen molar-refractivity contribution < 1.29 is 0 Å². The minimum absolute atomic E-state index is 1.15. The predicted molar refractivity (Wildman–Crippen MR) is 90.2 cm³/mol. The maximum absolute atomic E-state index is 1.61. The standard InChI is InChI=1S/C21H36/c1-4-10-16-17(11-5-1)19-13-7-3-9-15-21(19)20-14-8-2-6-12-18(16)20/h16-21H,1-15H2. The number of hydrogen-bond acceptors (Lipinski definition) is 0. The van der Waals surface area contributed by atoms with E-state index < -0.39 is 0 Å². The molecule has 0 unspecified atom stereocenters. The predicted octanol–water partition coefficient (Wildman–Crippen LogP) is 6.59. The third kappa shape index (κ3) is 2.81. The summed E-state index contributed by atoms with van der Waals surface area (Å²) in [5.74, 6) is 6.89. The highest BCUT2D eigenvalue weighted by atomic mass is 14.5. The van der Waals surface area contributed by atoms with Crippen molar-refractivity contribution in [3.8, 4) is 0 Å². The molecule has 21 heavy (non-hydrogen) atoms. The van der Waals surface area contributed by atoms with Crippen LogP contribution in [0.4, 0.5) is 0 Å². The van der Waals surface area contributed by atoms with Crippen molar-refractivity contribution in [3.05, 3.63) is 0 Å². The zero-order valence-electron chi connectivity index (χ0n) is 14.1. The Morgan fingerprint density at radius 1 is 0.238 bits per heavy atom. The van der Waals surface area contributed by atoms with Crippen LogP contribution in [-0.4, -0.2) is 0 Å². The molecule has 4 aliphatic rings. The minimum atomic E-state index is 1.15. The largest absolute Gasteiger partial charge is 0.0533 e. The minimum Gasteiger partial charge on any atom is -0.0533 e. The molecular formula is C21H36.